The topological polar surface area (TPSA) is 55.8 Å². The lowest BCUT2D eigenvalue weighted by Gasteiger charge is -2.30. The number of aryl methyl sites for hydroxylation is 2. The quantitative estimate of drug-likeness (QED) is 0.642. The Bertz CT molecular complexity index is 1200. The Morgan fingerprint density at radius 3 is 2.30 bits per heavy atom. The van der Waals surface area contributed by atoms with Crippen LogP contribution < -0.4 is 14.4 Å². The number of carbonyl (C=O) groups is 2. The van der Waals surface area contributed by atoms with Crippen molar-refractivity contribution in [1.82, 2.24) is 0 Å². The molecule has 5 rings (SSSR count). The molecule has 3 aromatic rings. The number of benzene rings is 3. The van der Waals surface area contributed by atoms with Crippen LogP contribution >= 0.6 is 0 Å². The molecule has 0 saturated heterocycles. The summed E-state index contributed by atoms with van der Waals surface area (Å²) >= 11 is 0. The minimum absolute atomic E-state index is 0.0513. The summed E-state index contributed by atoms with van der Waals surface area (Å²) in [5, 5.41) is 2.07. The normalized spacial score (nSPS) is 17.2. The van der Waals surface area contributed by atoms with Gasteiger partial charge in [-0.3, -0.25) is 9.59 Å². The van der Waals surface area contributed by atoms with Crippen LogP contribution in [0, 0.1) is 0 Å². The van der Waals surface area contributed by atoms with Crippen molar-refractivity contribution in [3.05, 3.63) is 64.7 Å². The largest absolute Gasteiger partial charge is 0.493 e. The van der Waals surface area contributed by atoms with Crippen molar-refractivity contribution in [3.8, 4) is 11.5 Å². The second kappa shape index (κ2) is 6.87. The standard InChI is InChI=1S/C25H23NO4/c1-14(27)26-19-10-7-16-5-4-15-6-9-18(25(19)24(15)16)21(28)13-20(26)17-8-11-22(29-2)23(12-17)30-3/h6-12,20H,4-5,13H2,1-3H3. The average molecular weight is 401 g/mol. The van der Waals surface area contributed by atoms with Gasteiger partial charge >= 0.3 is 0 Å². The minimum Gasteiger partial charge on any atom is -0.493 e. The average Bonchev–Trinajstić information content (AvgIpc) is 3.12. The van der Waals surface area contributed by atoms with Gasteiger partial charge in [0.25, 0.3) is 0 Å². The summed E-state index contributed by atoms with van der Waals surface area (Å²) in [7, 11) is 3.17. The smallest absolute Gasteiger partial charge is 0.224 e. The van der Waals surface area contributed by atoms with Crippen LogP contribution in [0.4, 0.5) is 5.69 Å². The van der Waals surface area contributed by atoms with Gasteiger partial charge in [0.05, 0.1) is 25.9 Å². The van der Waals surface area contributed by atoms with Crippen molar-refractivity contribution in [1.29, 1.82) is 0 Å². The van der Waals surface area contributed by atoms with Gasteiger partial charge in [-0.05, 0) is 53.1 Å². The van der Waals surface area contributed by atoms with Crippen LogP contribution in [-0.4, -0.2) is 25.9 Å². The fourth-order valence-corrected chi connectivity index (χ4v) is 5.00. The first-order valence-corrected chi connectivity index (χ1v) is 10.2. The summed E-state index contributed by atoms with van der Waals surface area (Å²) in [6, 6.07) is 13.3. The third-order valence-electron chi connectivity index (χ3n) is 6.36. The molecule has 0 bridgehead atoms. The Labute approximate surface area is 175 Å². The van der Waals surface area contributed by atoms with E-state index in [0.717, 1.165) is 34.9 Å². The second-order valence-electron chi connectivity index (χ2n) is 7.91. The third-order valence-corrected chi connectivity index (χ3v) is 6.36. The highest BCUT2D eigenvalue weighted by molar-refractivity contribution is 6.18. The summed E-state index contributed by atoms with van der Waals surface area (Å²) in [6.45, 7) is 1.56. The summed E-state index contributed by atoms with van der Waals surface area (Å²) < 4.78 is 10.8. The highest BCUT2D eigenvalue weighted by Gasteiger charge is 2.35. The monoisotopic (exact) mass is 401 g/mol. The van der Waals surface area contributed by atoms with E-state index in [1.807, 2.05) is 30.3 Å². The van der Waals surface area contributed by atoms with Crippen molar-refractivity contribution in [2.75, 3.05) is 19.1 Å². The number of rotatable bonds is 3. The molecule has 3 aromatic carbocycles. The van der Waals surface area contributed by atoms with Gasteiger partial charge in [-0.25, -0.2) is 0 Å². The highest BCUT2D eigenvalue weighted by atomic mass is 16.5. The lowest BCUT2D eigenvalue weighted by Crippen LogP contribution is -2.33. The van der Waals surface area contributed by atoms with Gasteiger partial charge in [-0.2, -0.15) is 0 Å². The van der Waals surface area contributed by atoms with Crippen LogP contribution in [0.5, 0.6) is 11.5 Å². The molecule has 0 fully saturated rings. The molecule has 5 heteroatoms. The van der Waals surface area contributed by atoms with Crippen molar-refractivity contribution in [3.63, 3.8) is 0 Å². The number of ether oxygens (including phenoxy) is 2. The molecule has 1 aliphatic carbocycles. The van der Waals surface area contributed by atoms with E-state index in [1.165, 1.54) is 11.1 Å². The summed E-state index contributed by atoms with van der Waals surface area (Å²) in [5.41, 5.74) is 4.88. The lowest BCUT2D eigenvalue weighted by molar-refractivity contribution is -0.117. The molecule has 0 spiro atoms. The fourth-order valence-electron chi connectivity index (χ4n) is 5.00. The van der Waals surface area contributed by atoms with E-state index in [9.17, 15) is 9.59 Å². The summed E-state index contributed by atoms with van der Waals surface area (Å²) in [6.07, 6.45) is 2.17. The number of ketones is 1. The van der Waals surface area contributed by atoms with Gasteiger partial charge in [-0.15, -0.1) is 0 Å². The highest BCUT2D eigenvalue weighted by Crippen LogP contribution is 2.45. The van der Waals surface area contributed by atoms with Crippen molar-refractivity contribution in [2.24, 2.45) is 0 Å². The number of Topliss-reactive ketones (excluding diaryl/α,β-unsaturated/α-hetero) is 1. The van der Waals surface area contributed by atoms with Crippen LogP contribution in [0.15, 0.2) is 42.5 Å². The molecular weight excluding hydrogens is 378 g/mol. The number of anilines is 1. The van der Waals surface area contributed by atoms with E-state index in [-0.39, 0.29) is 18.1 Å². The molecule has 30 heavy (non-hydrogen) atoms. The number of hydrogen-bond acceptors (Lipinski definition) is 4. The van der Waals surface area contributed by atoms with Gasteiger partial charge in [0.2, 0.25) is 5.91 Å². The van der Waals surface area contributed by atoms with E-state index >= 15 is 0 Å². The number of amides is 1. The molecule has 1 unspecified atom stereocenters. The van der Waals surface area contributed by atoms with E-state index in [4.69, 9.17) is 9.47 Å². The third kappa shape index (κ3) is 2.61. The minimum atomic E-state index is -0.416. The van der Waals surface area contributed by atoms with Gasteiger partial charge in [0, 0.05) is 24.3 Å². The molecule has 1 amide bonds. The molecular formula is C25H23NO4. The molecule has 0 aromatic heterocycles. The first kappa shape index (κ1) is 18.7. The van der Waals surface area contributed by atoms with Gasteiger partial charge < -0.3 is 14.4 Å². The van der Waals surface area contributed by atoms with Crippen molar-refractivity contribution >= 4 is 28.2 Å². The molecule has 2 aliphatic rings. The zero-order chi connectivity index (χ0) is 21.0. The fraction of sp³-hybridized carbons (Fsp3) is 0.280. The Morgan fingerprint density at radius 2 is 1.63 bits per heavy atom. The van der Waals surface area contributed by atoms with E-state index in [2.05, 4.69) is 12.1 Å². The van der Waals surface area contributed by atoms with E-state index in [0.29, 0.717) is 17.1 Å². The van der Waals surface area contributed by atoms with Gasteiger partial charge in [0.1, 0.15) is 0 Å². The predicted octanol–water partition coefficient (Wildman–Crippen LogP) is 4.64. The SMILES string of the molecule is COc1ccc(C2CC(=O)c3ccc4c5c(ccc(c35)N2C(C)=O)CC4)cc1OC. The van der Waals surface area contributed by atoms with Crippen LogP contribution in [0.1, 0.15) is 46.4 Å². The lowest BCUT2D eigenvalue weighted by atomic mass is 9.95. The van der Waals surface area contributed by atoms with Crippen LogP contribution in [0.3, 0.4) is 0 Å². The van der Waals surface area contributed by atoms with Gasteiger partial charge in [0.15, 0.2) is 17.3 Å². The molecule has 152 valence electrons. The first-order chi connectivity index (χ1) is 14.5. The molecule has 5 nitrogen and oxygen atoms in total. The summed E-state index contributed by atoms with van der Waals surface area (Å²) in [4.78, 5) is 28.1. The maximum atomic E-state index is 13.4. The van der Waals surface area contributed by atoms with Crippen LogP contribution in [0.25, 0.3) is 10.8 Å². The molecule has 1 aliphatic heterocycles. The van der Waals surface area contributed by atoms with E-state index < -0.39 is 6.04 Å². The Hall–Kier alpha value is -3.34. The number of nitrogens with zero attached hydrogens (tertiary/aromatic N) is 1. The van der Waals surface area contributed by atoms with E-state index in [1.54, 1.807) is 26.0 Å². The number of hydrogen-bond donors (Lipinski definition) is 0. The van der Waals surface area contributed by atoms with Crippen molar-refractivity contribution < 1.29 is 19.1 Å². The van der Waals surface area contributed by atoms with Crippen LogP contribution in [-0.2, 0) is 17.6 Å². The predicted molar refractivity (Wildman–Crippen MR) is 116 cm³/mol. The molecule has 1 heterocycles. The van der Waals surface area contributed by atoms with Gasteiger partial charge in [-0.1, -0.05) is 24.3 Å². The maximum Gasteiger partial charge on any atom is 0.224 e. The maximum absolute atomic E-state index is 13.4. The molecule has 1 atom stereocenters. The van der Waals surface area contributed by atoms with Crippen molar-refractivity contribution in [2.45, 2.75) is 32.2 Å². The second-order valence-corrected chi connectivity index (χ2v) is 7.91. The molecule has 0 saturated carbocycles. The molecule has 0 radical (unpaired) electrons. The Balaban J connectivity index is 1.76. The Kier molecular flexibility index (Phi) is 4.28. The first-order valence-electron chi connectivity index (χ1n) is 10.2. The number of methoxy groups -OCH3 is 2. The zero-order valence-electron chi connectivity index (χ0n) is 17.3. The zero-order valence-corrected chi connectivity index (χ0v) is 17.3. The van der Waals surface area contributed by atoms with Crippen LogP contribution in [0.2, 0.25) is 0 Å². The summed E-state index contributed by atoms with van der Waals surface area (Å²) in [5.74, 6) is 1.15. The Morgan fingerprint density at radius 1 is 0.933 bits per heavy atom. The number of carbonyl (C=O) groups excluding carboxylic acids is 2. The molecule has 0 N–H and O–H groups in total.